The van der Waals surface area contributed by atoms with Gasteiger partial charge in [0.05, 0.1) is 18.2 Å². The lowest BCUT2D eigenvalue weighted by Gasteiger charge is -2.41. The molecule has 6 rings (SSSR count). The Kier molecular flexibility index (Phi) is 12.7. The maximum atomic E-state index is 14.5. The lowest BCUT2D eigenvalue weighted by Crippen LogP contribution is -2.47. The molecule has 0 aliphatic carbocycles. The molecular weight excluding hydrogens is 794 g/mol. The Morgan fingerprint density at radius 3 is 2.38 bits per heavy atom. The molecular formula is C44H55FN3O7P3. The number of carbonyl (C=O) groups is 2. The molecule has 3 aliphatic heterocycles. The van der Waals surface area contributed by atoms with Gasteiger partial charge < -0.3 is 33.0 Å². The number of rotatable bonds is 13. The van der Waals surface area contributed by atoms with E-state index in [1.165, 1.54) is 12.1 Å². The number of amides is 1. The van der Waals surface area contributed by atoms with Gasteiger partial charge in [0.15, 0.2) is 13.1 Å². The number of benzene rings is 3. The summed E-state index contributed by atoms with van der Waals surface area (Å²) >= 11 is 0. The summed E-state index contributed by atoms with van der Waals surface area (Å²) in [6.45, 7) is 15.2. The molecule has 14 heteroatoms. The van der Waals surface area contributed by atoms with Crippen LogP contribution in [0.4, 0.5) is 9.88 Å². The molecule has 3 atom stereocenters. The minimum Gasteiger partial charge on any atom is -0.775 e. The summed E-state index contributed by atoms with van der Waals surface area (Å²) in [5.74, 6) is 0.319. The number of hydrogen-bond donors (Lipinski definition) is 0. The van der Waals surface area contributed by atoms with E-state index < -0.39 is 21.7 Å². The fourth-order valence-corrected chi connectivity index (χ4v) is 9.86. The number of unbranched alkanes of at least 4 members (excludes halogenated alkanes) is 2. The van der Waals surface area contributed by atoms with Crippen molar-refractivity contribution in [3.05, 3.63) is 93.0 Å². The maximum Gasteiger partial charge on any atom is 0.310 e. The van der Waals surface area contributed by atoms with E-state index in [-0.39, 0.29) is 40.9 Å². The van der Waals surface area contributed by atoms with Gasteiger partial charge in [-0.2, -0.15) is 4.20 Å². The molecule has 0 fully saturated rings. The zero-order valence-corrected chi connectivity index (χ0v) is 38.1. The van der Waals surface area contributed by atoms with Crippen molar-refractivity contribution in [2.24, 2.45) is 0 Å². The molecule has 0 aromatic heterocycles. The van der Waals surface area contributed by atoms with Crippen molar-refractivity contribution in [3.8, 4) is 11.5 Å². The highest BCUT2D eigenvalue weighted by Gasteiger charge is 2.35. The van der Waals surface area contributed by atoms with Crippen molar-refractivity contribution >= 4 is 64.3 Å². The number of hydrogen-bond acceptors (Lipinski definition) is 8. The molecule has 3 unspecified atom stereocenters. The molecule has 310 valence electrons. The Morgan fingerprint density at radius 2 is 1.69 bits per heavy atom. The second kappa shape index (κ2) is 16.7. The summed E-state index contributed by atoms with van der Waals surface area (Å²) in [6, 6.07) is 13.1. The van der Waals surface area contributed by atoms with Gasteiger partial charge in [-0.25, -0.2) is 4.58 Å². The first-order valence-corrected chi connectivity index (χ1v) is 24.0. The van der Waals surface area contributed by atoms with E-state index in [1.807, 2.05) is 15.9 Å². The van der Waals surface area contributed by atoms with Crippen LogP contribution in [0, 0.1) is 0 Å². The van der Waals surface area contributed by atoms with E-state index in [1.54, 1.807) is 18.0 Å². The van der Waals surface area contributed by atoms with E-state index >= 15 is 0 Å². The highest BCUT2D eigenvalue weighted by Crippen LogP contribution is 2.48. The van der Waals surface area contributed by atoms with Crippen LogP contribution < -0.4 is 35.0 Å². The molecule has 3 aliphatic rings. The first-order valence-electron chi connectivity index (χ1n) is 19.7. The number of carbonyl (C=O) groups excluding carboxylic acids is 2. The van der Waals surface area contributed by atoms with E-state index in [9.17, 15) is 23.2 Å². The van der Waals surface area contributed by atoms with Crippen molar-refractivity contribution in [3.63, 3.8) is 0 Å². The SMILES string of the molecule is CCCN(C)C(=O)c1cc(P(=O)([O-])OCCCCCC(=O)OP(F)P)ccc1C1=c2cc3c(cc2Oc2cc4c(cc21)C(C)=CC(C)(C)N4C)=[N+](C)C(C)(C)C=C3C. The molecule has 58 heavy (non-hydrogen) atoms. The van der Waals surface area contributed by atoms with Gasteiger partial charge in [-0.1, -0.05) is 25.5 Å². The standard InChI is InChI=1S/C44H55FN3O7P3/c1-11-18-46(8)42(50)33-20-29(58(51,52)53-19-14-12-13-15-40(49)55-57(45)56)16-17-30(33)41-34-21-31-27(2)25-43(4,5)47(9)36(31)23-38(34)54-39-24-37-32(22-35(39)41)28(3)26-44(6,7)48(37)10/h16-17,20-26H,11-15,18-19,56H2,1-10H3. The molecule has 0 saturated carbocycles. The minimum atomic E-state index is -4.64. The van der Waals surface area contributed by atoms with Crippen LogP contribution >= 0.6 is 24.7 Å². The Balaban J connectivity index is 1.52. The summed E-state index contributed by atoms with van der Waals surface area (Å²) in [4.78, 5) is 43.8. The van der Waals surface area contributed by atoms with E-state index in [4.69, 9.17) is 9.26 Å². The van der Waals surface area contributed by atoms with Gasteiger partial charge in [-0.3, -0.25) is 9.59 Å². The molecule has 10 nitrogen and oxygen atoms in total. The first kappa shape index (κ1) is 43.9. The fourth-order valence-electron chi connectivity index (χ4n) is 8.16. The zero-order valence-electron chi connectivity index (χ0n) is 35.2. The molecule has 3 aromatic carbocycles. The monoisotopic (exact) mass is 849 g/mol. The molecule has 3 aromatic rings. The number of halogens is 1. The number of ether oxygens (including phenoxy) is 1. The molecule has 0 saturated heterocycles. The van der Waals surface area contributed by atoms with Gasteiger partial charge in [0.2, 0.25) is 5.36 Å². The zero-order chi connectivity index (χ0) is 42.5. The van der Waals surface area contributed by atoms with Crippen LogP contribution in [0.5, 0.6) is 11.5 Å². The Labute approximate surface area is 345 Å². The number of likely N-dealkylation sites (N-methyl/N-ethyl adjacent to an activating group) is 2. The maximum absolute atomic E-state index is 14.5. The third kappa shape index (κ3) is 8.62. The fraction of sp³-hybridized carbons (Fsp3) is 0.432. The summed E-state index contributed by atoms with van der Waals surface area (Å²) in [6.07, 6.45) is 6.48. The topological polar surface area (TPSA) is 111 Å². The molecule has 0 spiro atoms. The van der Waals surface area contributed by atoms with Crippen molar-refractivity contribution in [1.82, 2.24) is 9.48 Å². The third-order valence-corrected chi connectivity index (χ3v) is 13.7. The van der Waals surface area contributed by atoms with Crippen LogP contribution in [0.2, 0.25) is 0 Å². The van der Waals surface area contributed by atoms with Gasteiger partial charge >= 0.3 is 5.97 Å². The highest BCUT2D eigenvalue weighted by molar-refractivity contribution is 8.08. The summed E-state index contributed by atoms with van der Waals surface area (Å²) in [5, 5.41) is 1.71. The normalized spacial score (nSPS) is 17.7. The van der Waals surface area contributed by atoms with Crippen molar-refractivity contribution in [2.45, 2.75) is 91.6 Å². The predicted octanol–water partition coefficient (Wildman–Crippen LogP) is 7.84. The minimum absolute atomic E-state index is 0.0290. The van der Waals surface area contributed by atoms with E-state index in [2.05, 4.69) is 106 Å². The Hall–Kier alpha value is -3.71. The third-order valence-electron chi connectivity index (χ3n) is 11.6. The average molecular weight is 850 g/mol. The summed E-state index contributed by atoms with van der Waals surface area (Å²) in [7, 11) is 0.699. The summed E-state index contributed by atoms with van der Waals surface area (Å²) < 4.78 is 45.8. The smallest absolute Gasteiger partial charge is 0.310 e. The second-order valence-electron chi connectivity index (χ2n) is 16.6. The number of anilines is 1. The average Bonchev–Trinajstić information content (AvgIpc) is 3.14. The highest BCUT2D eigenvalue weighted by atomic mass is 32.0. The van der Waals surface area contributed by atoms with Crippen LogP contribution in [0.3, 0.4) is 0 Å². The van der Waals surface area contributed by atoms with Crippen LogP contribution in [-0.4, -0.2) is 62.1 Å². The van der Waals surface area contributed by atoms with Crippen LogP contribution in [0.1, 0.15) is 113 Å². The van der Waals surface area contributed by atoms with Crippen molar-refractivity contribution < 1.29 is 37.0 Å². The lowest BCUT2D eigenvalue weighted by atomic mass is 9.83. The Morgan fingerprint density at radius 1 is 0.983 bits per heavy atom. The van der Waals surface area contributed by atoms with E-state index in [0.29, 0.717) is 49.3 Å². The number of fused-ring (bicyclic) bond motifs is 4. The lowest BCUT2D eigenvalue weighted by molar-refractivity contribution is -0.194. The number of allylic oxidation sites excluding steroid dienone is 2. The van der Waals surface area contributed by atoms with Crippen LogP contribution in [0.15, 0.2) is 54.6 Å². The van der Waals surface area contributed by atoms with Gasteiger partial charge in [-0.05, 0) is 103 Å². The van der Waals surface area contributed by atoms with Crippen LogP contribution in [-0.2, 0) is 18.4 Å². The predicted molar refractivity (Wildman–Crippen MR) is 234 cm³/mol. The molecule has 3 heterocycles. The first-order chi connectivity index (χ1) is 27.2. The number of nitrogens with zero attached hydrogens (tertiary/aromatic N) is 3. The largest absolute Gasteiger partial charge is 0.775 e. The van der Waals surface area contributed by atoms with Crippen molar-refractivity contribution in [1.29, 1.82) is 0 Å². The van der Waals surface area contributed by atoms with Gasteiger partial charge in [0, 0.05) is 91.0 Å². The van der Waals surface area contributed by atoms with Gasteiger partial charge in [0.1, 0.15) is 18.5 Å². The second-order valence-corrected chi connectivity index (χ2v) is 20.3. The van der Waals surface area contributed by atoms with Gasteiger partial charge in [0.25, 0.3) is 14.1 Å². The molecule has 0 bridgehead atoms. The summed E-state index contributed by atoms with van der Waals surface area (Å²) in [5.41, 5.74) is 7.24. The van der Waals surface area contributed by atoms with Crippen molar-refractivity contribution in [2.75, 3.05) is 39.2 Å². The molecule has 1 amide bonds. The van der Waals surface area contributed by atoms with Crippen LogP contribution in [0.25, 0.3) is 16.7 Å². The molecule has 0 N–H and O–H groups in total. The Bertz CT molecular complexity index is 2420. The quantitative estimate of drug-likeness (QED) is 0.0761. The van der Waals surface area contributed by atoms with E-state index in [0.717, 1.165) is 49.7 Å². The molecule has 0 radical (unpaired) electrons. The van der Waals surface area contributed by atoms with Gasteiger partial charge in [-0.15, -0.1) is 0 Å².